The summed E-state index contributed by atoms with van der Waals surface area (Å²) in [4.78, 5) is 0. The predicted octanol–water partition coefficient (Wildman–Crippen LogP) is 4.26. The highest BCUT2D eigenvalue weighted by atomic mass is 35.6. The second-order valence-electron chi connectivity index (χ2n) is 3.84. The Kier molecular flexibility index (Phi) is 10.0. The highest BCUT2D eigenvalue weighted by molar-refractivity contribution is 6.67. The quantitative estimate of drug-likeness (QED) is 0.353. The van der Waals surface area contributed by atoms with Gasteiger partial charge in [0.15, 0.2) is 3.79 Å². The number of unbranched alkanes of at least 4 members (excludes halogenated alkanes) is 6. The molecule has 0 fully saturated rings. The zero-order valence-corrected chi connectivity index (χ0v) is 13.3. The smallest absolute Gasteiger partial charge is 0.0837 e. The Morgan fingerprint density at radius 1 is 0.714 bits per heavy atom. The zero-order chi connectivity index (χ0) is 10.9. The SMILES string of the molecule is [SiH3]CCCCCCCCCC(Cl)(Cl)Cl. The van der Waals surface area contributed by atoms with Crippen molar-refractivity contribution in [1.82, 2.24) is 0 Å². The van der Waals surface area contributed by atoms with E-state index in [-0.39, 0.29) is 0 Å². The number of alkyl halides is 3. The van der Waals surface area contributed by atoms with E-state index >= 15 is 0 Å². The number of halogens is 3. The van der Waals surface area contributed by atoms with Gasteiger partial charge in [0.2, 0.25) is 0 Å². The van der Waals surface area contributed by atoms with Gasteiger partial charge in [-0.2, -0.15) is 0 Å². The van der Waals surface area contributed by atoms with E-state index in [4.69, 9.17) is 34.8 Å². The topological polar surface area (TPSA) is 0 Å². The van der Waals surface area contributed by atoms with Crippen LogP contribution in [0.25, 0.3) is 0 Å². The average Bonchev–Trinajstić information content (AvgIpc) is 2.08. The van der Waals surface area contributed by atoms with Crippen LogP contribution in [0.4, 0.5) is 0 Å². The first-order chi connectivity index (χ1) is 6.56. The summed E-state index contributed by atoms with van der Waals surface area (Å²) < 4.78 is -1.03. The van der Waals surface area contributed by atoms with E-state index < -0.39 is 3.79 Å². The largest absolute Gasteiger partial charge is 0.190 e. The minimum atomic E-state index is -1.03. The lowest BCUT2D eigenvalue weighted by Gasteiger charge is -2.09. The van der Waals surface area contributed by atoms with Crippen LogP contribution in [-0.4, -0.2) is 14.0 Å². The molecule has 0 saturated carbocycles. The van der Waals surface area contributed by atoms with Crippen molar-refractivity contribution in [3.63, 3.8) is 0 Å². The monoisotopic (exact) mass is 274 g/mol. The molecular formula is C10H21Cl3Si. The van der Waals surface area contributed by atoms with Gasteiger partial charge < -0.3 is 0 Å². The van der Waals surface area contributed by atoms with Crippen molar-refractivity contribution in [2.45, 2.75) is 61.2 Å². The van der Waals surface area contributed by atoms with E-state index in [2.05, 4.69) is 0 Å². The van der Waals surface area contributed by atoms with E-state index in [1.54, 1.807) is 0 Å². The molecule has 0 bridgehead atoms. The molecule has 0 aromatic rings. The van der Waals surface area contributed by atoms with Crippen molar-refractivity contribution in [2.75, 3.05) is 0 Å². The molecule has 0 heterocycles. The summed E-state index contributed by atoms with van der Waals surface area (Å²) in [6.07, 6.45) is 9.80. The van der Waals surface area contributed by atoms with Crippen molar-refractivity contribution in [3.8, 4) is 0 Å². The Balaban J connectivity index is 2.99. The molecule has 0 amide bonds. The minimum Gasteiger partial charge on any atom is -0.0837 e. The van der Waals surface area contributed by atoms with Crippen LogP contribution in [0.5, 0.6) is 0 Å². The van der Waals surface area contributed by atoms with E-state index in [1.807, 2.05) is 0 Å². The van der Waals surface area contributed by atoms with E-state index in [1.165, 1.54) is 54.8 Å². The fourth-order valence-corrected chi connectivity index (χ4v) is 2.36. The molecule has 14 heavy (non-hydrogen) atoms. The maximum atomic E-state index is 5.65. The molecule has 0 radical (unpaired) electrons. The second kappa shape index (κ2) is 9.32. The standard InChI is InChI=1S/C10H21Cl3Si/c11-10(12,13)8-6-4-2-1-3-5-7-9-14/h1-9H2,14H3. The molecule has 0 aromatic heterocycles. The maximum absolute atomic E-state index is 5.65. The van der Waals surface area contributed by atoms with Gasteiger partial charge in [0, 0.05) is 10.2 Å². The Bertz CT molecular complexity index is 123. The van der Waals surface area contributed by atoms with Crippen LogP contribution >= 0.6 is 34.8 Å². The van der Waals surface area contributed by atoms with Gasteiger partial charge in [0.1, 0.15) is 0 Å². The Hall–Kier alpha value is 1.09. The van der Waals surface area contributed by atoms with Crippen LogP contribution < -0.4 is 0 Å². The van der Waals surface area contributed by atoms with Crippen LogP contribution in [0.1, 0.15) is 51.4 Å². The lowest BCUT2D eigenvalue weighted by Crippen LogP contribution is -2.00. The van der Waals surface area contributed by atoms with Crippen molar-refractivity contribution in [1.29, 1.82) is 0 Å². The third-order valence-corrected chi connectivity index (χ3v) is 3.59. The molecule has 0 spiro atoms. The van der Waals surface area contributed by atoms with Crippen molar-refractivity contribution >= 4 is 45.0 Å². The number of rotatable bonds is 8. The summed E-state index contributed by atoms with van der Waals surface area (Å²) in [5.41, 5.74) is 0. The normalized spacial score (nSPS) is 12.2. The molecule has 0 aromatic carbocycles. The van der Waals surface area contributed by atoms with E-state index in [0.717, 1.165) is 6.42 Å². The molecule has 0 aliphatic carbocycles. The number of hydrogen-bond acceptors (Lipinski definition) is 0. The van der Waals surface area contributed by atoms with Crippen molar-refractivity contribution in [2.24, 2.45) is 0 Å². The van der Waals surface area contributed by atoms with Crippen LogP contribution in [0.2, 0.25) is 6.04 Å². The van der Waals surface area contributed by atoms with Gasteiger partial charge in [0.25, 0.3) is 0 Å². The Morgan fingerprint density at radius 3 is 1.57 bits per heavy atom. The zero-order valence-electron chi connectivity index (χ0n) is 9.00. The first-order valence-corrected chi connectivity index (χ1v) is 8.18. The molecular weight excluding hydrogens is 255 g/mol. The molecule has 0 saturated heterocycles. The first kappa shape index (κ1) is 15.1. The molecule has 0 rings (SSSR count). The van der Waals surface area contributed by atoms with Crippen LogP contribution in [0.15, 0.2) is 0 Å². The summed E-state index contributed by atoms with van der Waals surface area (Å²) in [5.74, 6) is 0. The summed E-state index contributed by atoms with van der Waals surface area (Å²) in [7, 11) is 1.36. The van der Waals surface area contributed by atoms with Gasteiger partial charge in [-0.05, 0) is 12.8 Å². The average molecular weight is 276 g/mol. The number of hydrogen-bond donors (Lipinski definition) is 0. The van der Waals surface area contributed by atoms with E-state index in [0.29, 0.717) is 6.42 Å². The molecule has 0 aliphatic heterocycles. The Labute approximate surface area is 106 Å². The van der Waals surface area contributed by atoms with Crippen molar-refractivity contribution < 1.29 is 0 Å². The van der Waals surface area contributed by atoms with Gasteiger partial charge in [-0.15, -0.1) is 0 Å². The van der Waals surface area contributed by atoms with Crippen LogP contribution in [0, 0.1) is 0 Å². The maximum Gasteiger partial charge on any atom is 0.190 e. The lowest BCUT2D eigenvalue weighted by atomic mass is 10.1. The first-order valence-electron chi connectivity index (χ1n) is 5.63. The fraction of sp³-hybridized carbons (Fsp3) is 1.00. The van der Waals surface area contributed by atoms with Crippen molar-refractivity contribution in [3.05, 3.63) is 0 Å². The van der Waals surface area contributed by atoms with E-state index in [9.17, 15) is 0 Å². The summed E-state index contributed by atoms with van der Waals surface area (Å²) in [6, 6.07) is 1.45. The molecule has 0 N–H and O–H groups in total. The summed E-state index contributed by atoms with van der Waals surface area (Å²) >= 11 is 16.9. The molecule has 4 heteroatoms. The van der Waals surface area contributed by atoms with Crippen LogP contribution in [-0.2, 0) is 0 Å². The molecule has 0 aliphatic rings. The highest BCUT2D eigenvalue weighted by Crippen LogP contribution is 2.32. The van der Waals surface area contributed by atoms with Gasteiger partial charge >= 0.3 is 0 Å². The van der Waals surface area contributed by atoms with Gasteiger partial charge in [-0.25, -0.2) is 0 Å². The molecule has 0 atom stereocenters. The van der Waals surface area contributed by atoms with Gasteiger partial charge in [-0.1, -0.05) is 79.4 Å². The molecule has 0 unspecified atom stereocenters. The van der Waals surface area contributed by atoms with Gasteiger partial charge in [-0.3, -0.25) is 0 Å². The van der Waals surface area contributed by atoms with Gasteiger partial charge in [0.05, 0.1) is 0 Å². The fourth-order valence-electron chi connectivity index (χ4n) is 1.46. The third-order valence-electron chi connectivity index (χ3n) is 2.31. The minimum absolute atomic E-state index is 0.693. The summed E-state index contributed by atoms with van der Waals surface area (Å²) in [5, 5.41) is 0. The lowest BCUT2D eigenvalue weighted by molar-refractivity contribution is 0.578. The summed E-state index contributed by atoms with van der Waals surface area (Å²) in [6.45, 7) is 0. The van der Waals surface area contributed by atoms with Crippen LogP contribution in [0.3, 0.4) is 0 Å². The Morgan fingerprint density at radius 2 is 1.14 bits per heavy atom. The third kappa shape index (κ3) is 13.1. The second-order valence-corrected chi connectivity index (χ2v) is 7.36. The highest BCUT2D eigenvalue weighted by Gasteiger charge is 2.17. The predicted molar refractivity (Wildman–Crippen MR) is 72.0 cm³/mol. The molecule has 0 nitrogen and oxygen atoms in total. The molecule has 86 valence electrons.